The van der Waals surface area contributed by atoms with Crippen molar-refractivity contribution in [2.45, 2.75) is 33.6 Å². The summed E-state index contributed by atoms with van der Waals surface area (Å²) in [5, 5.41) is 2.67. The minimum absolute atomic E-state index is 0.872. The minimum Gasteiger partial charge on any atom is -0.398 e. The molecule has 46 heavy (non-hydrogen) atoms. The predicted octanol–water partition coefficient (Wildman–Crippen LogP) is 11.9. The zero-order chi connectivity index (χ0) is 31.9. The van der Waals surface area contributed by atoms with Gasteiger partial charge in [0, 0.05) is 5.69 Å². The molecule has 0 heterocycles. The van der Waals surface area contributed by atoms with Crippen LogP contribution >= 0.6 is 0 Å². The molecule has 0 fully saturated rings. The zero-order valence-corrected chi connectivity index (χ0v) is 27.0. The molecular weight excluding hydrogens is 555 g/mol. The van der Waals surface area contributed by atoms with Crippen molar-refractivity contribution in [3.63, 3.8) is 0 Å². The molecule has 1 aliphatic rings. The Balaban J connectivity index is 0.000000195. The van der Waals surface area contributed by atoms with Gasteiger partial charge in [-0.05, 0) is 98.3 Å². The smallest absolute Gasteiger partial charge is 0.0349 e. The summed E-state index contributed by atoms with van der Waals surface area (Å²) in [5.74, 6) is 0. The van der Waals surface area contributed by atoms with Crippen molar-refractivity contribution < 1.29 is 0 Å². The van der Waals surface area contributed by atoms with Gasteiger partial charge in [0.15, 0.2) is 0 Å². The van der Waals surface area contributed by atoms with Gasteiger partial charge in [0.1, 0.15) is 0 Å². The molecular formula is C45H41N. The number of anilines is 1. The molecule has 0 saturated heterocycles. The third-order valence-electron chi connectivity index (χ3n) is 8.61. The number of rotatable bonds is 4. The molecule has 0 atom stereocenters. The lowest BCUT2D eigenvalue weighted by atomic mass is 9.90. The lowest BCUT2D eigenvalue weighted by Crippen LogP contribution is -1.94. The van der Waals surface area contributed by atoms with Gasteiger partial charge >= 0.3 is 0 Å². The molecule has 0 aromatic heterocycles. The summed E-state index contributed by atoms with van der Waals surface area (Å²) >= 11 is 0. The second-order valence-electron chi connectivity index (χ2n) is 11.6. The van der Waals surface area contributed by atoms with E-state index in [0.29, 0.717) is 0 Å². The highest BCUT2D eigenvalue weighted by atomic mass is 14.6. The van der Waals surface area contributed by atoms with Crippen molar-refractivity contribution in [3.05, 3.63) is 186 Å². The highest BCUT2D eigenvalue weighted by Crippen LogP contribution is 2.46. The van der Waals surface area contributed by atoms with Crippen LogP contribution in [0.4, 0.5) is 5.69 Å². The molecule has 1 aliphatic carbocycles. The molecule has 0 bridgehead atoms. The molecule has 226 valence electrons. The van der Waals surface area contributed by atoms with Crippen LogP contribution in [0.25, 0.3) is 44.2 Å². The topological polar surface area (TPSA) is 26.0 Å². The van der Waals surface area contributed by atoms with E-state index in [1.165, 1.54) is 72.0 Å². The standard InChI is InChI=1S/C30H22.C13H13N.C2H6/c1-20-7-4-9-22(17-20)23-10-5-11-24(18-23)28-14-6-12-25-19-26-16-15-21-8-2-3-13-27(21)30(26)29(25)28;14-13-9-5-4-8-12(13)10-11-6-2-1-3-7-11;1-2/h2-18H,19H2,1H3;1-9H,10,14H2;1-2H3. The lowest BCUT2D eigenvalue weighted by molar-refractivity contribution is 1.20. The number of benzene rings is 7. The van der Waals surface area contributed by atoms with E-state index < -0.39 is 0 Å². The second-order valence-corrected chi connectivity index (χ2v) is 11.6. The molecule has 0 amide bonds. The van der Waals surface area contributed by atoms with Gasteiger partial charge in [-0.3, -0.25) is 0 Å². The van der Waals surface area contributed by atoms with Crippen molar-refractivity contribution in [1.29, 1.82) is 0 Å². The van der Waals surface area contributed by atoms with E-state index in [1.54, 1.807) is 0 Å². The zero-order valence-electron chi connectivity index (χ0n) is 27.0. The van der Waals surface area contributed by atoms with Gasteiger partial charge in [-0.1, -0.05) is 165 Å². The lowest BCUT2D eigenvalue weighted by Gasteiger charge is -2.13. The molecule has 7 aromatic carbocycles. The molecule has 0 aliphatic heterocycles. The average molecular weight is 596 g/mol. The first-order valence-corrected chi connectivity index (χ1v) is 16.3. The number of nitrogens with two attached hydrogens (primary N) is 1. The highest BCUT2D eigenvalue weighted by molar-refractivity contribution is 6.05. The molecule has 7 aromatic rings. The summed E-state index contributed by atoms with van der Waals surface area (Å²) in [6, 6.07) is 56.2. The van der Waals surface area contributed by atoms with Gasteiger partial charge in [-0.15, -0.1) is 0 Å². The molecule has 0 radical (unpaired) electrons. The predicted molar refractivity (Wildman–Crippen MR) is 199 cm³/mol. The van der Waals surface area contributed by atoms with Gasteiger partial charge in [0.2, 0.25) is 0 Å². The maximum Gasteiger partial charge on any atom is 0.0349 e. The van der Waals surface area contributed by atoms with Gasteiger partial charge in [-0.25, -0.2) is 0 Å². The van der Waals surface area contributed by atoms with Crippen LogP contribution in [-0.2, 0) is 12.8 Å². The first-order valence-electron chi connectivity index (χ1n) is 16.3. The Morgan fingerprint density at radius 2 is 1.17 bits per heavy atom. The maximum absolute atomic E-state index is 5.87. The third kappa shape index (κ3) is 6.50. The van der Waals surface area contributed by atoms with Gasteiger partial charge in [0.05, 0.1) is 0 Å². The van der Waals surface area contributed by atoms with Crippen LogP contribution < -0.4 is 5.73 Å². The van der Waals surface area contributed by atoms with Crippen molar-refractivity contribution >= 4 is 16.5 Å². The SMILES string of the molecule is CC.Cc1cccc(-c2cccc(-c3cccc4c3-c3c(ccc5ccccc35)C4)c2)c1.Nc1ccccc1Cc1ccccc1. The highest BCUT2D eigenvalue weighted by Gasteiger charge is 2.24. The number of nitrogen functional groups attached to an aromatic ring is 1. The molecule has 0 saturated carbocycles. The van der Waals surface area contributed by atoms with Crippen LogP contribution in [-0.4, -0.2) is 0 Å². The summed E-state index contributed by atoms with van der Waals surface area (Å²) in [5.41, 5.74) is 21.4. The van der Waals surface area contributed by atoms with Crippen LogP contribution in [0.15, 0.2) is 158 Å². The van der Waals surface area contributed by atoms with E-state index in [9.17, 15) is 0 Å². The Labute approximate surface area is 274 Å². The molecule has 1 heteroatoms. The van der Waals surface area contributed by atoms with Crippen LogP contribution in [0.3, 0.4) is 0 Å². The summed E-state index contributed by atoms with van der Waals surface area (Å²) in [7, 11) is 0. The fourth-order valence-corrected chi connectivity index (χ4v) is 6.45. The number of hydrogen-bond donors (Lipinski definition) is 1. The van der Waals surface area contributed by atoms with Crippen molar-refractivity contribution in [2.75, 3.05) is 5.73 Å². The fraction of sp³-hybridized carbons (Fsp3) is 0.111. The second kappa shape index (κ2) is 14.1. The van der Waals surface area contributed by atoms with Crippen molar-refractivity contribution in [2.24, 2.45) is 0 Å². The first-order chi connectivity index (χ1) is 22.6. The van der Waals surface area contributed by atoms with Gasteiger partial charge < -0.3 is 5.73 Å². The largest absolute Gasteiger partial charge is 0.398 e. The Morgan fingerprint density at radius 1 is 0.522 bits per heavy atom. The minimum atomic E-state index is 0.872. The van der Waals surface area contributed by atoms with Crippen molar-refractivity contribution in [3.8, 4) is 33.4 Å². The van der Waals surface area contributed by atoms with Crippen molar-refractivity contribution in [1.82, 2.24) is 0 Å². The van der Waals surface area contributed by atoms with E-state index in [4.69, 9.17) is 5.73 Å². The number of fused-ring (bicyclic) bond motifs is 5. The quantitative estimate of drug-likeness (QED) is 0.201. The molecule has 0 spiro atoms. The van der Waals surface area contributed by atoms with E-state index in [1.807, 2.05) is 38.1 Å². The van der Waals surface area contributed by atoms with E-state index in [-0.39, 0.29) is 0 Å². The van der Waals surface area contributed by atoms with Crippen LogP contribution in [0.1, 0.15) is 41.7 Å². The molecule has 1 nitrogen and oxygen atoms in total. The Kier molecular flexibility index (Phi) is 9.41. The van der Waals surface area contributed by atoms with E-state index >= 15 is 0 Å². The monoisotopic (exact) mass is 595 g/mol. The van der Waals surface area contributed by atoms with Crippen LogP contribution in [0.5, 0.6) is 0 Å². The average Bonchev–Trinajstić information content (AvgIpc) is 3.51. The van der Waals surface area contributed by atoms with E-state index in [0.717, 1.165) is 18.5 Å². The Hall–Kier alpha value is -5.40. The van der Waals surface area contributed by atoms with Gasteiger partial charge in [-0.2, -0.15) is 0 Å². The Bertz CT molecular complexity index is 2090. The first kappa shape index (κ1) is 30.6. The summed E-state index contributed by atoms with van der Waals surface area (Å²) in [4.78, 5) is 0. The van der Waals surface area contributed by atoms with Crippen LogP contribution in [0.2, 0.25) is 0 Å². The summed E-state index contributed by atoms with van der Waals surface area (Å²) < 4.78 is 0. The normalized spacial score (nSPS) is 11.0. The Morgan fingerprint density at radius 3 is 1.98 bits per heavy atom. The summed E-state index contributed by atoms with van der Waals surface area (Å²) in [6.07, 6.45) is 1.93. The van der Waals surface area contributed by atoms with Gasteiger partial charge in [0.25, 0.3) is 0 Å². The van der Waals surface area contributed by atoms with E-state index in [2.05, 4.69) is 140 Å². The number of aryl methyl sites for hydroxylation is 1. The third-order valence-corrected chi connectivity index (χ3v) is 8.61. The van der Waals surface area contributed by atoms with Crippen LogP contribution in [0, 0.1) is 6.92 Å². The number of para-hydroxylation sites is 1. The summed E-state index contributed by atoms with van der Waals surface area (Å²) in [6.45, 7) is 6.15. The molecule has 0 unspecified atom stereocenters. The maximum atomic E-state index is 5.87. The molecule has 2 N–H and O–H groups in total. The molecule has 8 rings (SSSR count). The number of hydrogen-bond acceptors (Lipinski definition) is 1. The fourth-order valence-electron chi connectivity index (χ4n) is 6.45.